The van der Waals surface area contributed by atoms with Gasteiger partial charge in [0.25, 0.3) is 0 Å². The fourth-order valence-corrected chi connectivity index (χ4v) is 2.66. The number of nitrogens with zero attached hydrogens (tertiary/aromatic N) is 3. The summed E-state index contributed by atoms with van der Waals surface area (Å²) in [5.41, 5.74) is 0. The van der Waals surface area contributed by atoms with E-state index in [9.17, 15) is 0 Å². The van der Waals surface area contributed by atoms with Gasteiger partial charge in [0.2, 0.25) is 5.13 Å². The Kier molecular flexibility index (Phi) is 4.70. The molecular weight excluding hydrogens is 238 g/mol. The fraction of sp³-hybridized carbons (Fsp3) is 0.818. The van der Waals surface area contributed by atoms with Crippen LogP contribution in [-0.2, 0) is 9.47 Å². The highest BCUT2D eigenvalue weighted by Gasteiger charge is 2.21. The molecule has 0 aliphatic carbocycles. The monoisotopic (exact) mass is 257 g/mol. The molecule has 2 rings (SSSR count). The third-order valence-electron chi connectivity index (χ3n) is 2.87. The van der Waals surface area contributed by atoms with E-state index in [0.29, 0.717) is 19.3 Å². The van der Waals surface area contributed by atoms with Crippen molar-refractivity contribution in [3.05, 3.63) is 5.01 Å². The van der Waals surface area contributed by atoms with Gasteiger partial charge in [-0.25, -0.2) is 0 Å². The van der Waals surface area contributed by atoms with Crippen LogP contribution in [0, 0.1) is 6.92 Å². The minimum absolute atomic E-state index is 0.371. The first-order chi connectivity index (χ1) is 8.29. The van der Waals surface area contributed by atoms with E-state index in [2.05, 4.69) is 15.1 Å². The van der Waals surface area contributed by atoms with Crippen molar-refractivity contribution < 1.29 is 9.47 Å². The predicted octanol–water partition coefficient (Wildman–Crippen LogP) is 1.48. The van der Waals surface area contributed by atoms with Crippen molar-refractivity contribution in [2.75, 3.05) is 38.3 Å². The SMILES string of the molecule is COCCOC1CCN(c2nnc(C)s2)CC1. The van der Waals surface area contributed by atoms with Gasteiger partial charge in [-0.05, 0) is 19.8 Å². The number of piperidine rings is 1. The van der Waals surface area contributed by atoms with Gasteiger partial charge in [0, 0.05) is 20.2 Å². The van der Waals surface area contributed by atoms with E-state index in [4.69, 9.17) is 9.47 Å². The Bertz CT molecular complexity index is 337. The molecule has 1 fully saturated rings. The van der Waals surface area contributed by atoms with E-state index < -0.39 is 0 Å². The zero-order valence-corrected chi connectivity index (χ0v) is 11.2. The maximum absolute atomic E-state index is 5.73. The molecule has 0 N–H and O–H groups in total. The van der Waals surface area contributed by atoms with Crippen molar-refractivity contribution in [3.63, 3.8) is 0 Å². The third-order valence-corrected chi connectivity index (χ3v) is 3.77. The molecule has 96 valence electrons. The molecule has 6 heteroatoms. The standard InChI is InChI=1S/C11H19N3O2S/c1-9-12-13-11(17-9)14-5-3-10(4-6-14)16-8-7-15-2/h10H,3-8H2,1-2H3. The maximum atomic E-state index is 5.73. The Balaban J connectivity index is 1.74. The van der Waals surface area contributed by atoms with E-state index in [1.54, 1.807) is 18.4 Å². The summed E-state index contributed by atoms with van der Waals surface area (Å²) in [6.07, 6.45) is 2.49. The molecule has 17 heavy (non-hydrogen) atoms. The second-order valence-electron chi connectivity index (χ2n) is 4.15. The molecule has 0 aromatic carbocycles. The summed E-state index contributed by atoms with van der Waals surface area (Å²) < 4.78 is 10.7. The Hall–Kier alpha value is -0.720. The normalized spacial score (nSPS) is 17.6. The average molecular weight is 257 g/mol. The number of aryl methyl sites for hydroxylation is 1. The number of methoxy groups -OCH3 is 1. The number of ether oxygens (including phenoxy) is 2. The molecule has 1 aliphatic heterocycles. The first kappa shape index (κ1) is 12.7. The Labute approximate surface area is 106 Å². The van der Waals surface area contributed by atoms with Gasteiger partial charge >= 0.3 is 0 Å². The summed E-state index contributed by atoms with van der Waals surface area (Å²) in [5, 5.41) is 10.3. The Morgan fingerprint density at radius 3 is 2.65 bits per heavy atom. The van der Waals surface area contributed by atoms with E-state index in [1.807, 2.05) is 6.92 Å². The number of rotatable bonds is 5. The Morgan fingerprint density at radius 2 is 2.06 bits per heavy atom. The van der Waals surface area contributed by atoms with Crippen LogP contribution in [0.1, 0.15) is 17.8 Å². The number of hydrogen-bond donors (Lipinski definition) is 0. The molecule has 0 bridgehead atoms. The number of anilines is 1. The summed E-state index contributed by atoms with van der Waals surface area (Å²) in [6, 6.07) is 0. The Morgan fingerprint density at radius 1 is 1.29 bits per heavy atom. The van der Waals surface area contributed by atoms with E-state index in [0.717, 1.165) is 36.1 Å². The second kappa shape index (κ2) is 6.28. The lowest BCUT2D eigenvalue weighted by molar-refractivity contribution is 0.00609. The smallest absolute Gasteiger partial charge is 0.208 e. The fourth-order valence-electron chi connectivity index (χ4n) is 1.93. The number of aromatic nitrogens is 2. The molecular formula is C11H19N3O2S. The van der Waals surface area contributed by atoms with Crippen LogP contribution in [0.2, 0.25) is 0 Å². The maximum Gasteiger partial charge on any atom is 0.208 e. The van der Waals surface area contributed by atoms with E-state index in [-0.39, 0.29) is 0 Å². The van der Waals surface area contributed by atoms with Gasteiger partial charge in [-0.1, -0.05) is 11.3 Å². The zero-order valence-electron chi connectivity index (χ0n) is 10.4. The molecule has 0 unspecified atom stereocenters. The molecule has 1 aromatic heterocycles. The van der Waals surface area contributed by atoms with Crippen LogP contribution >= 0.6 is 11.3 Å². The van der Waals surface area contributed by atoms with Crippen LogP contribution in [0.4, 0.5) is 5.13 Å². The minimum atomic E-state index is 0.371. The van der Waals surface area contributed by atoms with Gasteiger partial charge < -0.3 is 14.4 Å². The lowest BCUT2D eigenvalue weighted by atomic mass is 10.1. The van der Waals surface area contributed by atoms with Crippen LogP contribution in [0.3, 0.4) is 0 Å². The highest BCUT2D eigenvalue weighted by atomic mass is 32.1. The molecule has 1 saturated heterocycles. The summed E-state index contributed by atoms with van der Waals surface area (Å²) in [6.45, 7) is 5.37. The van der Waals surface area contributed by atoms with Gasteiger partial charge in [-0.15, -0.1) is 10.2 Å². The molecule has 2 heterocycles. The van der Waals surface area contributed by atoms with Crippen LogP contribution in [-0.4, -0.2) is 49.7 Å². The first-order valence-corrected chi connectivity index (χ1v) is 6.77. The van der Waals surface area contributed by atoms with Gasteiger partial charge in [0.1, 0.15) is 5.01 Å². The largest absolute Gasteiger partial charge is 0.382 e. The molecule has 1 aliphatic rings. The molecule has 0 atom stereocenters. The van der Waals surface area contributed by atoms with Crippen LogP contribution in [0.25, 0.3) is 0 Å². The van der Waals surface area contributed by atoms with Crippen molar-refractivity contribution in [1.29, 1.82) is 0 Å². The van der Waals surface area contributed by atoms with Crippen molar-refractivity contribution in [2.24, 2.45) is 0 Å². The minimum Gasteiger partial charge on any atom is -0.382 e. The van der Waals surface area contributed by atoms with E-state index in [1.165, 1.54) is 0 Å². The number of hydrogen-bond acceptors (Lipinski definition) is 6. The topological polar surface area (TPSA) is 47.5 Å². The molecule has 5 nitrogen and oxygen atoms in total. The summed E-state index contributed by atoms with van der Waals surface area (Å²) in [4.78, 5) is 2.29. The van der Waals surface area contributed by atoms with Gasteiger partial charge in [-0.2, -0.15) is 0 Å². The molecule has 1 aromatic rings. The van der Waals surface area contributed by atoms with Gasteiger partial charge in [0.15, 0.2) is 0 Å². The van der Waals surface area contributed by atoms with Crippen molar-refractivity contribution in [1.82, 2.24) is 10.2 Å². The van der Waals surface area contributed by atoms with Gasteiger partial charge in [0.05, 0.1) is 19.3 Å². The molecule has 0 amide bonds. The third kappa shape index (κ3) is 3.62. The lowest BCUT2D eigenvalue weighted by Crippen LogP contribution is -2.37. The van der Waals surface area contributed by atoms with Crippen molar-refractivity contribution >= 4 is 16.5 Å². The van der Waals surface area contributed by atoms with E-state index >= 15 is 0 Å². The molecule has 0 spiro atoms. The first-order valence-electron chi connectivity index (χ1n) is 5.95. The van der Waals surface area contributed by atoms with Crippen LogP contribution < -0.4 is 4.90 Å². The van der Waals surface area contributed by atoms with Crippen molar-refractivity contribution in [3.8, 4) is 0 Å². The van der Waals surface area contributed by atoms with Crippen molar-refractivity contribution in [2.45, 2.75) is 25.9 Å². The quantitative estimate of drug-likeness (QED) is 0.748. The average Bonchev–Trinajstić information content (AvgIpc) is 2.77. The predicted molar refractivity (Wildman–Crippen MR) is 67.7 cm³/mol. The summed E-state index contributed by atoms with van der Waals surface area (Å²) in [5.74, 6) is 0. The zero-order chi connectivity index (χ0) is 12.1. The second-order valence-corrected chi connectivity index (χ2v) is 5.31. The summed E-state index contributed by atoms with van der Waals surface area (Å²) in [7, 11) is 1.70. The van der Waals surface area contributed by atoms with Crippen LogP contribution in [0.5, 0.6) is 0 Å². The van der Waals surface area contributed by atoms with Crippen LogP contribution in [0.15, 0.2) is 0 Å². The molecule has 0 radical (unpaired) electrons. The highest BCUT2D eigenvalue weighted by molar-refractivity contribution is 7.15. The van der Waals surface area contributed by atoms with Gasteiger partial charge in [-0.3, -0.25) is 0 Å². The highest BCUT2D eigenvalue weighted by Crippen LogP contribution is 2.24. The molecule has 0 saturated carbocycles. The lowest BCUT2D eigenvalue weighted by Gasteiger charge is -2.31. The summed E-state index contributed by atoms with van der Waals surface area (Å²) >= 11 is 1.66.